The zero-order valence-electron chi connectivity index (χ0n) is 13.9. The number of nitriles is 2. The zero-order valence-corrected chi connectivity index (χ0v) is 14.7. The summed E-state index contributed by atoms with van der Waals surface area (Å²) in [5, 5.41) is 20.0. The maximum absolute atomic E-state index is 9.03. The summed E-state index contributed by atoms with van der Waals surface area (Å²) < 4.78 is 11.9. The van der Waals surface area contributed by atoms with E-state index in [1.54, 1.807) is 35.6 Å². The molecule has 0 atom stereocenters. The molecule has 0 N–H and O–H groups in total. The van der Waals surface area contributed by atoms with Crippen molar-refractivity contribution < 1.29 is 8.83 Å². The van der Waals surface area contributed by atoms with Gasteiger partial charge in [-0.15, -0.1) is 11.3 Å². The van der Waals surface area contributed by atoms with Crippen LogP contribution < -0.4 is 0 Å². The van der Waals surface area contributed by atoms with Crippen LogP contribution in [0, 0.1) is 22.7 Å². The Morgan fingerprint density at radius 2 is 1.11 bits per heavy atom. The molecule has 27 heavy (non-hydrogen) atoms. The fraction of sp³-hybridized carbons (Fsp3) is 0. The molecule has 0 aliphatic rings. The minimum absolute atomic E-state index is 0.578. The monoisotopic (exact) mass is 366 g/mol. The molecule has 0 bridgehead atoms. The summed E-state index contributed by atoms with van der Waals surface area (Å²) in [4.78, 5) is 1.97. The maximum Gasteiger partial charge on any atom is 0.145 e. The van der Waals surface area contributed by atoms with Gasteiger partial charge in [0.15, 0.2) is 0 Å². The Kier molecular flexibility index (Phi) is 3.36. The Hall–Kier alpha value is -3.80. The number of rotatable bonds is 2. The molecular formula is C22H10N2O2S. The van der Waals surface area contributed by atoms with Gasteiger partial charge in [-0.05, 0) is 60.7 Å². The fourth-order valence-electron chi connectivity index (χ4n) is 3.05. The molecular weight excluding hydrogens is 356 g/mol. The first-order chi connectivity index (χ1) is 13.2. The summed E-state index contributed by atoms with van der Waals surface area (Å²) in [6.45, 7) is 0. The average Bonchev–Trinajstić information content (AvgIpc) is 3.43. The van der Waals surface area contributed by atoms with E-state index in [1.165, 1.54) is 0 Å². The lowest BCUT2D eigenvalue weighted by Crippen LogP contribution is -1.70. The molecule has 126 valence electrons. The van der Waals surface area contributed by atoms with Crippen LogP contribution in [0.3, 0.4) is 0 Å². The first-order valence-electron chi connectivity index (χ1n) is 8.21. The number of hydrogen-bond acceptors (Lipinski definition) is 5. The van der Waals surface area contributed by atoms with Gasteiger partial charge in [0.2, 0.25) is 0 Å². The number of fused-ring (bicyclic) bond motifs is 2. The largest absolute Gasteiger partial charge is 0.455 e. The molecule has 5 rings (SSSR count). The van der Waals surface area contributed by atoms with Crippen molar-refractivity contribution in [2.24, 2.45) is 0 Å². The second-order valence-electron chi connectivity index (χ2n) is 6.11. The summed E-state index contributed by atoms with van der Waals surface area (Å²) in [5.74, 6) is 1.53. The van der Waals surface area contributed by atoms with Crippen LogP contribution in [0.15, 0.2) is 69.5 Å². The third-order valence-electron chi connectivity index (χ3n) is 4.39. The lowest BCUT2D eigenvalue weighted by atomic mass is 10.2. The van der Waals surface area contributed by atoms with E-state index in [0.29, 0.717) is 22.3 Å². The van der Waals surface area contributed by atoms with Crippen molar-refractivity contribution in [3.63, 3.8) is 0 Å². The van der Waals surface area contributed by atoms with Gasteiger partial charge >= 0.3 is 0 Å². The van der Waals surface area contributed by atoms with Crippen molar-refractivity contribution in [3.8, 4) is 33.4 Å². The van der Waals surface area contributed by atoms with Gasteiger partial charge < -0.3 is 8.83 Å². The van der Waals surface area contributed by atoms with Crippen molar-refractivity contribution in [2.45, 2.75) is 0 Å². The molecule has 5 aromatic rings. The van der Waals surface area contributed by atoms with Crippen molar-refractivity contribution in [2.75, 3.05) is 0 Å². The zero-order chi connectivity index (χ0) is 18.4. The third-order valence-corrected chi connectivity index (χ3v) is 5.50. The number of thiophene rings is 1. The summed E-state index contributed by atoms with van der Waals surface area (Å²) in [6.07, 6.45) is 0. The second-order valence-corrected chi connectivity index (χ2v) is 7.20. The molecule has 5 heteroatoms. The molecule has 0 aliphatic carbocycles. The second kappa shape index (κ2) is 5.88. The van der Waals surface area contributed by atoms with E-state index >= 15 is 0 Å². The van der Waals surface area contributed by atoms with Crippen molar-refractivity contribution >= 4 is 33.3 Å². The molecule has 0 unspecified atom stereocenters. The molecule has 0 amide bonds. The number of furan rings is 2. The standard InChI is InChI=1S/C22H10N2O2S/c23-11-13-1-3-15-9-19(25-17(15)7-13)21-5-6-22(27-21)20-10-16-4-2-14(12-24)8-18(16)26-20/h1-10H. The lowest BCUT2D eigenvalue weighted by Gasteiger charge is -1.91. The van der Waals surface area contributed by atoms with Crippen molar-refractivity contribution in [3.05, 3.63) is 71.8 Å². The highest BCUT2D eigenvalue weighted by Crippen LogP contribution is 2.39. The van der Waals surface area contributed by atoms with Gasteiger partial charge in [0.05, 0.1) is 33.0 Å². The van der Waals surface area contributed by atoms with E-state index < -0.39 is 0 Å². The van der Waals surface area contributed by atoms with E-state index in [4.69, 9.17) is 19.4 Å². The lowest BCUT2D eigenvalue weighted by molar-refractivity contribution is 0.633. The Bertz CT molecular complexity index is 1300. The van der Waals surface area contributed by atoms with Gasteiger partial charge in [-0.25, -0.2) is 0 Å². The molecule has 0 fully saturated rings. The Labute approximate surface area is 158 Å². The van der Waals surface area contributed by atoms with Crippen LogP contribution in [0.1, 0.15) is 11.1 Å². The predicted octanol–water partition coefficient (Wildman–Crippen LogP) is 6.32. The topological polar surface area (TPSA) is 73.9 Å². The van der Waals surface area contributed by atoms with E-state index in [1.807, 2.05) is 36.4 Å². The minimum Gasteiger partial charge on any atom is -0.455 e. The SMILES string of the molecule is N#Cc1ccc2cc(-c3ccc(-c4cc5ccc(C#N)cc5o4)s3)oc2c1. The summed E-state index contributed by atoms with van der Waals surface area (Å²) >= 11 is 1.57. The van der Waals surface area contributed by atoms with Gasteiger partial charge in [0.1, 0.15) is 22.7 Å². The van der Waals surface area contributed by atoms with Crippen LogP contribution in [0.4, 0.5) is 0 Å². The van der Waals surface area contributed by atoms with Crippen molar-refractivity contribution in [1.82, 2.24) is 0 Å². The molecule has 0 radical (unpaired) electrons. The van der Waals surface area contributed by atoms with Crippen LogP contribution in [-0.2, 0) is 0 Å². The van der Waals surface area contributed by atoms with E-state index in [9.17, 15) is 0 Å². The molecule has 0 saturated carbocycles. The van der Waals surface area contributed by atoms with Crippen LogP contribution in [0.25, 0.3) is 43.2 Å². The molecule has 0 aliphatic heterocycles. The average molecular weight is 366 g/mol. The molecule has 0 saturated heterocycles. The predicted molar refractivity (Wildman–Crippen MR) is 104 cm³/mol. The Morgan fingerprint density at radius 1 is 0.630 bits per heavy atom. The summed E-state index contributed by atoms with van der Waals surface area (Å²) in [5.41, 5.74) is 2.56. The van der Waals surface area contributed by atoms with Gasteiger partial charge in [0.25, 0.3) is 0 Å². The number of hydrogen-bond donors (Lipinski definition) is 0. The molecule has 3 aromatic heterocycles. The first kappa shape index (κ1) is 15.5. The van der Waals surface area contributed by atoms with Crippen LogP contribution in [0.2, 0.25) is 0 Å². The fourth-order valence-corrected chi connectivity index (χ4v) is 3.96. The minimum atomic E-state index is 0.578. The van der Waals surface area contributed by atoms with E-state index in [-0.39, 0.29) is 0 Å². The van der Waals surface area contributed by atoms with E-state index in [2.05, 4.69) is 12.1 Å². The number of nitrogens with zero attached hydrogens (tertiary/aromatic N) is 2. The van der Waals surface area contributed by atoms with Crippen LogP contribution in [0.5, 0.6) is 0 Å². The van der Waals surface area contributed by atoms with Crippen LogP contribution >= 0.6 is 11.3 Å². The molecule has 3 heterocycles. The highest BCUT2D eigenvalue weighted by Gasteiger charge is 2.13. The maximum atomic E-state index is 9.03. The highest BCUT2D eigenvalue weighted by atomic mass is 32.1. The Balaban J connectivity index is 1.55. The van der Waals surface area contributed by atoms with Gasteiger partial charge in [0, 0.05) is 10.8 Å². The smallest absolute Gasteiger partial charge is 0.145 e. The van der Waals surface area contributed by atoms with Crippen LogP contribution in [-0.4, -0.2) is 0 Å². The summed E-state index contributed by atoms with van der Waals surface area (Å²) in [6, 6.07) is 23.0. The first-order valence-corrected chi connectivity index (χ1v) is 9.03. The molecule has 4 nitrogen and oxygen atoms in total. The summed E-state index contributed by atoms with van der Waals surface area (Å²) in [7, 11) is 0. The quantitative estimate of drug-likeness (QED) is 0.366. The third kappa shape index (κ3) is 2.58. The van der Waals surface area contributed by atoms with Crippen molar-refractivity contribution in [1.29, 1.82) is 10.5 Å². The molecule has 2 aromatic carbocycles. The molecule has 0 spiro atoms. The normalized spacial score (nSPS) is 10.9. The van der Waals surface area contributed by atoms with Gasteiger partial charge in [-0.2, -0.15) is 10.5 Å². The Morgan fingerprint density at radius 3 is 1.56 bits per heavy atom. The van der Waals surface area contributed by atoms with Gasteiger partial charge in [-0.3, -0.25) is 0 Å². The van der Waals surface area contributed by atoms with Gasteiger partial charge in [-0.1, -0.05) is 0 Å². The highest BCUT2D eigenvalue weighted by molar-refractivity contribution is 7.18. The number of benzene rings is 2. The van der Waals surface area contributed by atoms with E-state index in [0.717, 1.165) is 32.0 Å².